The van der Waals surface area contributed by atoms with E-state index in [2.05, 4.69) is 15.0 Å². The Labute approximate surface area is 199 Å². The van der Waals surface area contributed by atoms with Gasteiger partial charge in [0.1, 0.15) is 11.8 Å². The lowest BCUT2D eigenvalue weighted by Crippen LogP contribution is -2.37. The average molecular weight is 464 g/mol. The van der Waals surface area contributed by atoms with Gasteiger partial charge in [0.15, 0.2) is 5.82 Å². The Balaban J connectivity index is 1.55. The number of nitrogens with zero attached hydrogens (tertiary/aromatic N) is 4. The number of hydrogen-bond acceptors (Lipinski definition) is 6. The van der Waals surface area contributed by atoms with Crippen LogP contribution in [0, 0.1) is 0 Å². The van der Waals surface area contributed by atoms with E-state index in [1.54, 1.807) is 18.6 Å². The van der Waals surface area contributed by atoms with Crippen LogP contribution in [0.1, 0.15) is 24.1 Å². The maximum atomic E-state index is 14.7. The fraction of sp³-hybridized carbons (Fsp3) is 0.185. The summed E-state index contributed by atoms with van der Waals surface area (Å²) in [6.45, 7) is 0. The Bertz CT molecular complexity index is 1710. The quantitative estimate of drug-likeness (QED) is 0.367. The molecule has 5 aromatic rings. The van der Waals surface area contributed by atoms with Crippen LogP contribution in [-0.2, 0) is 5.54 Å². The number of benzene rings is 1. The zero-order valence-corrected chi connectivity index (χ0v) is 18.7. The lowest BCUT2D eigenvalue weighted by Gasteiger charge is -2.26. The number of hydrogen-bond donors (Lipinski definition) is 3. The molecule has 0 bridgehead atoms. The predicted octanol–water partition coefficient (Wildman–Crippen LogP) is 4.29. The van der Waals surface area contributed by atoms with Crippen molar-refractivity contribution in [1.29, 1.82) is 0 Å². The van der Waals surface area contributed by atoms with Crippen LogP contribution in [0.15, 0.2) is 67.2 Å². The molecule has 1 fully saturated rings. The topological polar surface area (TPSA) is 119 Å². The first-order valence-corrected chi connectivity index (χ1v) is 11.6. The second-order valence-electron chi connectivity index (χ2n) is 9.46. The van der Waals surface area contributed by atoms with Gasteiger partial charge in [-0.25, -0.2) is 19.3 Å². The Hall–Kier alpha value is -4.01. The first-order chi connectivity index (χ1) is 17.0. The average Bonchev–Trinajstić information content (AvgIpc) is 3.33. The number of rotatable bonds is 3. The predicted molar refractivity (Wildman–Crippen MR) is 135 cm³/mol. The number of pyridine rings is 2. The molecule has 0 aliphatic heterocycles. The number of aromatic amines is 1. The standard InChI is InChI=1S/C27H22FN7/c28-18-10-27(30,11-19(18)29)24-23-17(14-4-3-5-14)12-31-13-21(23)34-25(35-24)16-8-9-32-26-22(16)15-6-1-2-7-20(15)33-26/h1-9,12-13,18-19H,10-11,29-30H2,(H,32,33). The summed E-state index contributed by atoms with van der Waals surface area (Å²) >= 11 is 0. The van der Waals surface area contributed by atoms with E-state index in [0.29, 0.717) is 23.5 Å². The number of nitrogens with one attached hydrogen (secondary N) is 1. The number of aromatic nitrogens is 5. The van der Waals surface area contributed by atoms with E-state index < -0.39 is 17.8 Å². The van der Waals surface area contributed by atoms with E-state index >= 15 is 0 Å². The molecule has 0 spiro atoms. The third-order valence-corrected chi connectivity index (χ3v) is 7.21. The van der Waals surface area contributed by atoms with Gasteiger partial charge in [-0.15, -0.1) is 0 Å². The zero-order valence-electron chi connectivity index (χ0n) is 18.7. The molecule has 4 aromatic heterocycles. The molecule has 5 N–H and O–H groups in total. The van der Waals surface area contributed by atoms with Crippen molar-refractivity contribution in [1.82, 2.24) is 24.9 Å². The number of fused-ring (bicyclic) bond motifs is 4. The molecule has 8 heteroatoms. The highest BCUT2D eigenvalue weighted by atomic mass is 19.1. The van der Waals surface area contributed by atoms with E-state index in [0.717, 1.165) is 44.0 Å². The van der Waals surface area contributed by atoms with Crippen molar-refractivity contribution in [3.63, 3.8) is 0 Å². The SMILES string of the molecule is NC1CC(N)(c2nc(-c3ccnc4[nH]c5ccccc5c34)nc3cncc(C4=CC=C4)c23)CC1F. The molecule has 2 aliphatic carbocycles. The first kappa shape index (κ1) is 20.4. The second kappa shape index (κ2) is 7.24. The molecule has 0 saturated heterocycles. The van der Waals surface area contributed by atoms with Crippen molar-refractivity contribution < 1.29 is 4.39 Å². The van der Waals surface area contributed by atoms with Crippen molar-refractivity contribution >= 4 is 38.4 Å². The number of alkyl halides is 1. The monoisotopic (exact) mass is 463 g/mol. The van der Waals surface area contributed by atoms with Crippen LogP contribution in [0.3, 0.4) is 0 Å². The largest absolute Gasteiger partial charge is 0.339 e. The molecular weight excluding hydrogens is 441 g/mol. The molecule has 3 unspecified atom stereocenters. The Morgan fingerprint density at radius 3 is 2.66 bits per heavy atom. The lowest BCUT2D eigenvalue weighted by molar-refractivity contribution is 0.300. The van der Waals surface area contributed by atoms with Crippen molar-refractivity contribution in [2.45, 2.75) is 30.6 Å². The van der Waals surface area contributed by atoms with Gasteiger partial charge in [0, 0.05) is 57.7 Å². The lowest BCUT2D eigenvalue weighted by atomic mass is 9.87. The van der Waals surface area contributed by atoms with Crippen LogP contribution in [0.25, 0.3) is 49.8 Å². The summed E-state index contributed by atoms with van der Waals surface area (Å²) in [5, 5.41) is 2.76. The van der Waals surface area contributed by atoms with E-state index in [1.165, 1.54) is 0 Å². The van der Waals surface area contributed by atoms with Gasteiger partial charge >= 0.3 is 0 Å². The number of H-pyrrole nitrogens is 1. The Kier molecular flexibility index (Phi) is 4.22. The van der Waals surface area contributed by atoms with Gasteiger partial charge in [-0.3, -0.25) is 4.98 Å². The van der Waals surface area contributed by atoms with E-state index in [-0.39, 0.29) is 6.42 Å². The molecule has 1 saturated carbocycles. The summed E-state index contributed by atoms with van der Waals surface area (Å²) < 4.78 is 14.7. The van der Waals surface area contributed by atoms with Gasteiger partial charge in [0.2, 0.25) is 0 Å². The van der Waals surface area contributed by atoms with Crippen LogP contribution in [0.2, 0.25) is 0 Å². The molecule has 0 amide bonds. The van der Waals surface area contributed by atoms with Crippen molar-refractivity contribution in [2.24, 2.45) is 11.5 Å². The molecule has 7 rings (SSSR count). The van der Waals surface area contributed by atoms with Gasteiger partial charge in [-0.05, 0) is 24.1 Å². The highest BCUT2D eigenvalue weighted by Crippen LogP contribution is 2.43. The summed E-state index contributed by atoms with van der Waals surface area (Å²) in [6.07, 6.45) is 10.4. The Morgan fingerprint density at radius 1 is 1.03 bits per heavy atom. The summed E-state index contributed by atoms with van der Waals surface area (Å²) in [5.74, 6) is 0.502. The van der Waals surface area contributed by atoms with Gasteiger partial charge in [0.05, 0.1) is 22.9 Å². The fourth-order valence-electron chi connectivity index (χ4n) is 5.43. The third-order valence-electron chi connectivity index (χ3n) is 7.21. The van der Waals surface area contributed by atoms with Crippen LogP contribution in [0.4, 0.5) is 4.39 Å². The molecule has 2 aliphatic rings. The molecule has 1 aromatic carbocycles. The minimum atomic E-state index is -1.19. The maximum Gasteiger partial charge on any atom is 0.161 e. The molecule has 172 valence electrons. The van der Waals surface area contributed by atoms with Crippen LogP contribution in [0.5, 0.6) is 0 Å². The Morgan fingerprint density at radius 2 is 1.89 bits per heavy atom. The van der Waals surface area contributed by atoms with Crippen molar-refractivity contribution in [2.75, 3.05) is 0 Å². The van der Waals surface area contributed by atoms with E-state index in [1.807, 2.05) is 48.6 Å². The van der Waals surface area contributed by atoms with E-state index in [4.69, 9.17) is 21.4 Å². The van der Waals surface area contributed by atoms with Crippen molar-refractivity contribution in [3.8, 4) is 11.4 Å². The number of halogens is 1. The summed E-state index contributed by atoms with van der Waals surface area (Å²) in [5.41, 5.74) is 17.7. The van der Waals surface area contributed by atoms with Crippen LogP contribution < -0.4 is 11.5 Å². The van der Waals surface area contributed by atoms with E-state index in [9.17, 15) is 4.39 Å². The molecule has 7 nitrogen and oxygen atoms in total. The van der Waals surface area contributed by atoms with Crippen LogP contribution >= 0.6 is 0 Å². The van der Waals surface area contributed by atoms with Gasteiger partial charge in [-0.1, -0.05) is 36.4 Å². The minimum absolute atomic E-state index is 0.106. The summed E-state index contributed by atoms with van der Waals surface area (Å²) in [4.78, 5) is 22.3. The number of para-hydroxylation sites is 1. The van der Waals surface area contributed by atoms with Crippen LogP contribution in [-0.4, -0.2) is 37.1 Å². The summed E-state index contributed by atoms with van der Waals surface area (Å²) in [6, 6.07) is 9.30. The molecule has 0 radical (unpaired) electrons. The summed E-state index contributed by atoms with van der Waals surface area (Å²) in [7, 11) is 0. The molecule has 4 heterocycles. The fourth-order valence-corrected chi connectivity index (χ4v) is 5.43. The highest BCUT2D eigenvalue weighted by molar-refractivity contribution is 6.12. The molecule has 3 atom stereocenters. The normalized spacial score (nSPS) is 23.8. The molecular formula is C27H22FN7. The first-order valence-electron chi connectivity index (χ1n) is 11.6. The zero-order chi connectivity index (χ0) is 23.7. The van der Waals surface area contributed by atoms with Gasteiger partial charge < -0.3 is 16.5 Å². The highest BCUT2D eigenvalue weighted by Gasteiger charge is 2.45. The number of allylic oxidation sites excluding steroid dienone is 4. The van der Waals surface area contributed by atoms with Crippen molar-refractivity contribution in [3.05, 3.63) is 78.4 Å². The maximum absolute atomic E-state index is 14.7. The van der Waals surface area contributed by atoms with Gasteiger partial charge in [0.25, 0.3) is 0 Å². The second-order valence-corrected chi connectivity index (χ2v) is 9.46. The third kappa shape index (κ3) is 2.97. The van der Waals surface area contributed by atoms with Gasteiger partial charge in [-0.2, -0.15) is 0 Å². The number of nitrogens with two attached hydrogens (primary N) is 2. The minimum Gasteiger partial charge on any atom is -0.339 e. The molecule has 35 heavy (non-hydrogen) atoms. The smallest absolute Gasteiger partial charge is 0.161 e.